The third-order valence-corrected chi connectivity index (χ3v) is 6.76. The first-order valence-corrected chi connectivity index (χ1v) is 11.3. The van der Waals surface area contributed by atoms with E-state index in [9.17, 15) is 4.79 Å². The Morgan fingerprint density at radius 1 is 1.23 bits per heavy atom. The maximum absolute atomic E-state index is 13.9. The van der Waals surface area contributed by atoms with Crippen LogP contribution in [0.5, 0.6) is 0 Å². The second-order valence-corrected chi connectivity index (χ2v) is 8.87. The van der Waals surface area contributed by atoms with Crippen molar-refractivity contribution in [1.82, 2.24) is 10.1 Å². The number of fused-ring (bicyclic) bond motifs is 1. The first-order chi connectivity index (χ1) is 15.1. The molecule has 1 amide bonds. The number of aromatic nitrogens is 2. The number of ether oxygens (including phenoxy) is 1. The van der Waals surface area contributed by atoms with Crippen molar-refractivity contribution in [3.8, 4) is 11.3 Å². The number of benzene rings is 2. The van der Waals surface area contributed by atoms with E-state index in [0.717, 1.165) is 23.1 Å². The molecule has 1 aliphatic rings. The molecule has 1 saturated heterocycles. The van der Waals surface area contributed by atoms with Crippen LogP contribution in [0.1, 0.15) is 29.0 Å². The number of hydrogen-bond donors (Lipinski definition) is 0. The highest BCUT2D eigenvalue weighted by Gasteiger charge is 2.32. The first kappa shape index (κ1) is 20.2. The Morgan fingerprint density at radius 3 is 2.81 bits per heavy atom. The van der Waals surface area contributed by atoms with Crippen molar-refractivity contribution in [2.45, 2.75) is 25.9 Å². The van der Waals surface area contributed by atoms with Crippen LogP contribution in [0.15, 0.2) is 53.1 Å². The highest BCUT2D eigenvalue weighted by atomic mass is 35.5. The van der Waals surface area contributed by atoms with Gasteiger partial charge in [-0.05, 0) is 38.0 Å². The molecule has 1 aliphatic heterocycles. The Labute approximate surface area is 188 Å². The molecule has 3 heterocycles. The molecule has 0 spiro atoms. The molecule has 0 bridgehead atoms. The molecule has 6 nitrogen and oxygen atoms in total. The van der Waals surface area contributed by atoms with E-state index in [-0.39, 0.29) is 12.0 Å². The lowest BCUT2D eigenvalue weighted by atomic mass is 10.0. The fourth-order valence-corrected chi connectivity index (χ4v) is 5.01. The zero-order chi connectivity index (χ0) is 21.4. The standard InChI is InChI=1S/C23H20ClN3O3S/c1-14-20(21(26-30-14)16-8-2-3-9-17(16)24)22(28)27(13-15-7-6-12-29-15)23-25-18-10-4-5-11-19(18)31-23/h2-5,8-11,15H,6-7,12-13H2,1H3. The number of thiazole rings is 1. The van der Waals surface area contributed by atoms with Crippen LogP contribution in [-0.4, -0.2) is 35.3 Å². The molecular weight excluding hydrogens is 434 g/mol. The number of nitrogens with zero attached hydrogens (tertiary/aromatic N) is 3. The zero-order valence-corrected chi connectivity index (χ0v) is 18.4. The summed E-state index contributed by atoms with van der Waals surface area (Å²) in [5.41, 5.74) is 2.35. The number of halogens is 1. The lowest BCUT2D eigenvalue weighted by Crippen LogP contribution is -2.37. The second-order valence-electron chi connectivity index (χ2n) is 7.46. The molecule has 8 heteroatoms. The molecule has 2 aromatic heterocycles. The number of hydrogen-bond acceptors (Lipinski definition) is 6. The van der Waals surface area contributed by atoms with Gasteiger partial charge in [-0.25, -0.2) is 4.98 Å². The molecule has 0 N–H and O–H groups in total. The number of rotatable bonds is 5. The van der Waals surface area contributed by atoms with Crippen LogP contribution in [0.3, 0.4) is 0 Å². The van der Waals surface area contributed by atoms with Crippen LogP contribution in [0, 0.1) is 6.92 Å². The van der Waals surface area contributed by atoms with Gasteiger partial charge >= 0.3 is 0 Å². The highest BCUT2D eigenvalue weighted by molar-refractivity contribution is 7.22. The van der Waals surface area contributed by atoms with Gasteiger partial charge in [0.15, 0.2) is 5.13 Å². The zero-order valence-electron chi connectivity index (χ0n) is 16.9. The van der Waals surface area contributed by atoms with E-state index in [2.05, 4.69) is 5.16 Å². The molecule has 158 valence electrons. The SMILES string of the molecule is Cc1onc(-c2ccccc2Cl)c1C(=O)N(CC1CCCO1)c1nc2ccccc2s1. The normalized spacial score (nSPS) is 16.1. The Morgan fingerprint density at radius 2 is 2.03 bits per heavy atom. The fourth-order valence-electron chi connectivity index (χ4n) is 3.81. The monoisotopic (exact) mass is 453 g/mol. The van der Waals surface area contributed by atoms with E-state index >= 15 is 0 Å². The molecule has 4 aromatic rings. The minimum Gasteiger partial charge on any atom is -0.376 e. The van der Waals surface area contributed by atoms with Crippen LogP contribution in [0.4, 0.5) is 5.13 Å². The van der Waals surface area contributed by atoms with Crippen molar-refractivity contribution in [2.24, 2.45) is 0 Å². The average Bonchev–Trinajstić information content (AvgIpc) is 3.51. The molecule has 0 aliphatic carbocycles. The number of anilines is 1. The summed E-state index contributed by atoms with van der Waals surface area (Å²) < 4.78 is 12.3. The molecule has 0 saturated carbocycles. The predicted molar refractivity (Wildman–Crippen MR) is 122 cm³/mol. The van der Waals surface area contributed by atoms with E-state index in [1.165, 1.54) is 11.3 Å². The summed E-state index contributed by atoms with van der Waals surface area (Å²) in [6.45, 7) is 2.87. The molecule has 1 atom stereocenters. The minimum absolute atomic E-state index is 0.0279. The molecule has 31 heavy (non-hydrogen) atoms. The molecule has 1 unspecified atom stereocenters. The van der Waals surface area contributed by atoms with E-state index in [1.54, 1.807) is 17.9 Å². The lowest BCUT2D eigenvalue weighted by molar-refractivity contribution is 0.0916. The molecule has 2 aromatic carbocycles. The summed E-state index contributed by atoms with van der Waals surface area (Å²) in [6, 6.07) is 15.2. The third kappa shape index (κ3) is 3.84. The van der Waals surface area contributed by atoms with Crippen molar-refractivity contribution in [3.05, 3.63) is 64.9 Å². The van der Waals surface area contributed by atoms with Crippen LogP contribution in [0.2, 0.25) is 5.02 Å². The number of carbonyl (C=O) groups excluding carboxylic acids is 1. The maximum atomic E-state index is 13.9. The molecule has 5 rings (SSSR count). The van der Waals surface area contributed by atoms with Gasteiger partial charge in [0.25, 0.3) is 5.91 Å². The van der Waals surface area contributed by atoms with Gasteiger partial charge < -0.3 is 9.26 Å². The van der Waals surface area contributed by atoms with Crippen molar-refractivity contribution in [3.63, 3.8) is 0 Å². The van der Waals surface area contributed by atoms with Crippen molar-refractivity contribution >= 4 is 44.2 Å². The summed E-state index contributed by atoms with van der Waals surface area (Å²) in [7, 11) is 0. The maximum Gasteiger partial charge on any atom is 0.266 e. The quantitative estimate of drug-likeness (QED) is 0.385. The van der Waals surface area contributed by atoms with Crippen LogP contribution < -0.4 is 4.90 Å². The summed E-state index contributed by atoms with van der Waals surface area (Å²) in [4.78, 5) is 20.3. The second kappa shape index (κ2) is 8.42. The molecule has 0 radical (unpaired) electrons. The summed E-state index contributed by atoms with van der Waals surface area (Å²) in [6.07, 6.45) is 1.87. The molecule has 1 fully saturated rings. The number of para-hydroxylation sites is 1. The van der Waals surface area contributed by atoms with Gasteiger partial charge in [-0.2, -0.15) is 0 Å². The van der Waals surface area contributed by atoms with Gasteiger partial charge in [-0.3, -0.25) is 9.69 Å². The van der Waals surface area contributed by atoms with E-state index < -0.39 is 0 Å². The first-order valence-electron chi connectivity index (χ1n) is 10.1. The summed E-state index contributed by atoms with van der Waals surface area (Å²) in [5, 5.41) is 5.30. The number of carbonyl (C=O) groups is 1. The van der Waals surface area contributed by atoms with Crippen LogP contribution in [-0.2, 0) is 4.74 Å². The van der Waals surface area contributed by atoms with E-state index in [4.69, 9.17) is 25.8 Å². The number of amides is 1. The predicted octanol–water partition coefficient (Wildman–Crippen LogP) is 5.74. The Balaban J connectivity index is 1.59. The smallest absolute Gasteiger partial charge is 0.266 e. The highest BCUT2D eigenvalue weighted by Crippen LogP contribution is 2.35. The summed E-state index contributed by atoms with van der Waals surface area (Å²) >= 11 is 7.88. The Kier molecular flexibility index (Phi) is 5.48. The van der Waals surface area contributed by atoms with Gasteiger partial charge in [0.2, 0.25) is 0 Å². The van der Waals surface area contributed by atoms with Crippen LogP contribution in [0.25, 0.3) is 21.5 Å². The summed E-state index contributed by atoms with van der Waals surface area (Å²) in [5.74, 6) is 0.224. The largest absolute Gasteiger partial charge is 0.376 e. The fraction of sp³-hybridized carbons (Fsp3) is 0.261. The van der Waals surface area contributed by atoms with Gasteiger partial charge in [0, 0.05) is 12.2 Å². The van der Waals surface area contributed by atoms with Crippen LogP contribution >= 0.6 is 22.9 Å². The van der Waals surface area contributed by atoms with Crippen molar-refractivity contribution < 1.29 is 14.1 Å². The average molecular weight is 454 g/mol. The van der Waals surface area contributed by atoms with Crippen molar-refractivity contribution in [2.75, 3.05) is 18.1 Å². The lowest BCUT2D eigenvalue weighted by Gasteiger charge is -2.23. The number of aryl methyl sites for hydroxylation is 1. The van der Waals surface area contributed by atoms with E-state index in [1.807, 2.05) is 42.5 Å². The van der Waals surface area contributed by atoms with E-state index in [0.29, 0.717) is 45.9 Å². The Bertz CT molecular complexity index is 1210. The van der Waals surface area contributed by atoms with Gasteiger partial charge in [0.1, 0.15) is 17.0 Å². The minimum atomic E-state index is -0.219. The van der Waals surface area contributed by atoms with Gasteiger partial charge in [0.05, 0.1) is 27.9 Å². The van der Waals surface area contributed by atoms with Gasteiger partial charge in [-0.15, -0.1) is 0 Å². The topological polar surface area (TPSA) is 68.5 Å². The third-order valence-electron chi connectivity index (χ3n) is 5.37. The van der Waals surface area contributed by atoms with Crippen molar-refractivity contribution in [1.29, 1.82) is 0 Å². The van der Waals surface area contributed by atoms with Gasteiger partial charge in [-0.1, -0.05) is 58.4 Å². The Hall–Kier alpha value is -2.74. The molecular formula is C23H20ClN3O3S.